The Balaban J connectivity index is 1.82. The van der Waals surface area contributed by atoms with Gasteiger partial charge >= 0.3 is 0 Å². The third-order valence-electron chi connectivity index (χ3n) is 4.04. The summed E-state index contributed by atoms with van der Waals surface area (Å²) < 4.78 is 27.7. The van der Waals surface area contributed by atoms with Crippen LogP contribution in [0.4, 0.5) is 20.2 Å². The number of benzene rings is 2. The number of rotatable bonds is 4. The molecule has 27 heavy (non-hydrogen) atoms. The quantitative estimate of drug-likeness (QED) is 0.680. The minimum atomic E-state index is -0.697. The van der Waals surface area contributed by atoms with E-state index in [1.165, 1.54) is 47.7 Å². The number of thiophene rings is 1. The zero-order valence-corrected chi connectivity index (χ0v) is 14.6. The van der Waals surface area contributed by atoms with Gasteiger partial charge in [-0.1, -0.05) is 24.3 Å². The molecule has 1 aliphatic rings. The molecule has 0 unspecified atom stereocenters. The molecule has 0 spiro atoms. The number of nitrogens with one attached hydrogen (secondary N) is 1. The lowest BCUT2D eigenvalue weighted by Gasteiger charge is -2.16. The molecule has 7 heteroatoms. The van der Waals surface area contributed by atoms with Gasteiger partial charge in [-0.2, -0.15) is 0 Å². The van der Waals surface area contributed by atoms with Crippen molar-refractivity contribution < 1.29 is 18.4 Å². The van der Waals surface area contributed by atoms with E-state index in [0.717, 1.165) is 4.90 Å². The van der Waals surface area contributed by atoms with Crippen LogP contribution < -0.4 is 10.2 Å². The third kappa shape index (κ3) is 3.02. The molecular formula is C20H12F2N2O2S. The maximum Gasteiger partial charge on any atom is 0.282 e. The summed E-state index contributed by atoms with van der Waals surface area (Å²) >= 11 is 1.28. The number of para-hydroxylation sites is 1. The molecule has 0 saturated heterocycles. The first kappa shape index (κ1) is 17.1. The van der Waals surface area contributed by atoms with Gasteiger partial charge in [0.05, 0.1) is 11.3 Å². The molecule has 2 aromatic carbocycles. The Labute approximate surface area is 157 Å². The fourth-order valence-electron chi connectivity index (χ4n) is 2.86. The zero-order chi connectivity index (χ0) is 19.0. The van der Waals surface area contributed by atoms with E-state index in [1.54, 1.807) is 29.6 Å². The molecule has 0 bridgehead atoms. The van der Waals surface area contributed by atoms with Crippen molar-refractivity contribution in [3.8, 4) is 0 Å². The van der Waals surface area contributed by atoms with Crippen LogP contribution in [-0.4, -0.2) is 11.8 Å². The lowest BCUT2D eigenvalue weighted by molar-refractivity contribution is -0.120. The van der Waals surface area contributed by atoms with Crippen LogP contribution in [0.1, 0.15) is 4.88 Å². The van der Waals surface area contributed by atoms with Gasteiger partial charge < -0.3 is 5.32 Å². The lowest BCUT2D eigenvalue weighted by Crippen LogP contribution is -2.33. The van der Waals surface area contributed by atoms with Crippen LogP contribution >= 0.6 is 11.3 Å². The van der Waals surface area contributed by atoms with Crippen molar-refractivity contribution in [2.24, 2.45) is 0 Å². The molecule has 0 saturated carbocycles. The first-order valence-corrected chi connectivity index (χ1v) is 8.88. The summed E-state index contributed by atoms with van der Waals surface area (Å²) in [6.45, 7) is 0. The SMILES string of the molecule is O=C1C(Nc2cccc(F)c2)=C(c2cccs2)C(=O)N1c1ccccc1F. The highest BCUT2D eigenvalue weighted by molar-refractivity contribution is 7.11. The van der Waals surface area contributed by atoms with Crippen LogP contribution in [0.15, 0.2) is 71.7 Å². The first-order valence-electron chi connectivity index (χ1n) is 8.00. The Kier molecular flexibility index (Phi) is 4.29. The number of carbonyl (C=O) groups excluding carboxylic acids is 2. The van der Waals surface area contributed by atoms with Crippen molar-refractivity contribution >= 4 is 40.1 Å². The van der Waals surface area contributed by atoms with Crippen LogP contribution in [0.3, 0.4) is 0 Å². The molecule has 1 aromatic heterocycles. The number of hydrogen-bond acceptors (Lipinski definition) is 4. The van der Waals surface area contributed by atoms with Crippen molar-refractivity contribution in [2.75, 3.05) is 10.2 Å². The first-order chi connectivity index (χ1) is 13.1. The summed E-state index contributed by atoms with van der Waals surface area (Å²) in [4.78, 5) is 27.4. The molecule has 1 aliphatic heterocycles. The maximum absolute atomic E-state index is 14.2. The van der Waals surface area contributed by atoms with Gasteiger partial charge in [-0.3, -0.25) is 9.59 Å². The molecule has 3 aromatic rings. The van der Waals surface area contributed by atoms with Crippen molar-refractivity contribution in [3.05, 3.63) is 88.3 Å². The van der Waals surface area contributed by atoms with Gasteiger partial charge in [0.1, 0.15) is 17.3 Å². The van der Waals surface area contributed by atoms with E-state index in [0.29, 0.717) is 10.6 Å². The van der Waals surface area contributed by atoms with Gasteiger partial charge in [-0.25, -0.2) is 13.7 Å². The molecule has 0 atom stereocenters. The minimum Gasteiger partial charge on any atom is -0.350 e. The van der Waals surface area contributed by atoms with Gasteiger partial charge in [0.2, 0.25) is 0 Å². The minimum absolute atomic E-state index is 0.0173. The van der Waals surface area contributed by atoms with E-state index < -0.39 is 23.4 Å². The molecule has 2 amide bonds. The van der Waals surface area contributed by atoms with Crippen LogP contribution in [0.5, 0.6) is 0 Å². The van der Waals surface area contributed by atoms with Crippen LogP contribution in [-0.2, 0) is 9.59 Å². The average Bonchev–Trinajstić information content (AvgIpc) is 3.24. The molecule has 4 rings (SSSR count). The Morgan fingerprint density at radius 2 is 1.70 bits per heavy atom. The van der Waals surface area contributed by atoms with Crippen LogP contribution in [0.2, 0.25) is 0 Å². The second-order valence-electron chi connectivity index (χ2n) is 5.76. The van der Waals surface area contributed by atoms with E-state index in [2.05, 4.69) is 5.32 Å². The third-order valence-corrected chi connectivity index (χ3v) is 4.93. The fraction of sp³-hybridized carbons (Fsp3) is 0. The van der Waals surface area contributed by atoms with Gasteiger partial charge in [-0.15, -0.1) is 11.3 Å². The summed E-state index contributed by atoms with van der Waals surface area (Å²) in [6.07, 6.45) is 0. The number of hydrogen-bond donors (Lipinski definition) is 1. The predicted octanol–water partition coefficient (Wildman–Crippen LogP) is 4.42. The van der Waals surface area contributed by atoms with Crippen molar-refractivity contribution in [1.29, 1.82) is 0 Å². The molecule has 0 fully saturated rings. The van der Waals surface area contributed by atoms with E-state index in [9.17, 15) is 18.4 Å². The predicted molar refractivity (Wildman–Crippen MR) is 100 cm³/mol. The van der Waals surface area contributed by atoms with Crippen LogP contribution in [0.25, 0.3) is 5.57 Å². The summed E-state index contributed by atoms with van der Waals surface area (Å²) in [6, 6.07) is 14.5. The lowest BCUT2D eigenvalue weighted by atomic mass is 10.2. The van der Waals surface area contributed by atoms with E-state index >= 15 is 0 Å². The highest BCUT2D eigenvalue weighted by Gasteiger charge is 2.41. The largest absolute Gasteiger partial charge is 0.350 e. The monoisotopic (exact) mass is 382 g/mol. The smallest absolute Gasteiger partial charge is 0.282 e. The standard InChI is InChI=1S/C20H12F2N2O2S/c21-12-5-3-6-13(11-12)23-18-17(16-9-4-10-27-16)19(25)24(20(18)26)15-8-2-1-7-14(15)22/h1-11,23H. The number of anilines is 2. The van der Waals surface area contributed by atoms with E-state index in [1.807, 2.05) is 0 Å². The van der Waals surface area contributed by atoms with Gasteiger partial charge in [0.25, 0.3) is 11.8 Å². The highest BCUT2D eigenvalue weighted by Crippen LogP contribution is 2.36. The Morgan fingerprint density at radius 1 is 0.889 bits per heavy atom. The highest BCUT2D eigenvalue weighted by atomic mass is 32.1. The Morgan fingerprint density at radius 3 is 2.41 bits per heavy atom. The van der Waals surface area contributed by atoms with Crippen molar-refractivity contribution in [2.45, 2.75) is 0 Å². The topological polar surface area (TPSA) is 49.4 Å². The van der Waals surface area contributed by atoms with E-state index in [-0.39, 0.29) is 17.0 Å². The van der Waals surface area contributed by atoms with Gasteiger partial charge in [0.15, 0.2) is 0 Å². The molecule has 4 nitrogen and oxygen atoms in total. The summed E-state index contributed by atoms with van der Waals surface area (Å²) in [5, 5.41) is 4.60. The molecule has 0 radical (unpaired) electrons. The second kappa shape index (κ2) is 6.77. The van der Waals surface area contributed by atoms with E-state index in [4.69, 9.17) is 0 Å². The zero-order valence-electron chi connectivity index (χ0n) is 13.8. The van der Waals surface area contributed by atoms with Gasteiger partial charge in [-0.05, 0) is 41.8 Å². The summed E-state index contributed by atoms with van der Waals surface area (Å²) in [5.74, 6) is -2.50. The molecule has 1 N–H and O–H groups in total. The van der Waals surface area contributed by atoms with Crippen molar-refractivity contribution in [3.63, 3.8) is 0 Å². The second-order valence-corrected chi connectivity index (χ2v) is 6.71. The number of halogens is 2. The molecular weight excluding hydrogens is 370 g/mol. The number of amides is 2. The molecule has 2 heterocycles. The molecule has 134 valence electrons. The van der Waals surface area contributed by atoms with Crippen LogP contribution in [0, 0.1) is 11.6 Å². The molecule has 0 aliphatic carbocycles. The normalized spacial score (nSPS) is 14.2. The number of nitrogens with zero attached hydrogens (tertiary/aromatic N) is 1. The average molecular weight is 382 g/mol. The maximum atomic E-state index is 14.2. The summed E-state index contributed by atoms with van der Waals surface area (Å²) in [7, 11) is 0. The van der Waals surface area contributed by atoms with Crippen molar-refractivity contribution in [1.82, 2.24) is 0 Å². The Bertz CT molecular complexity index is 1080. The number of carbonyl (C=O) groups is 2. The summed E-state index contributed by atoms with van der Waals surface area (Å²) in [5.41, 5.74) is 0.298. The Hall–Kier alpha value is -3.32. The van der Waals surface area contributed by atoms with Gasteiger partial charge in [0, 0.05) is 10.6 Å². The number of imide groups is 1. The fourth-order valence-corrected chi connectivity index (χ4v) is 3.63.